The first-order valence-electron chi connectivity index (χ1n) is 12.7. The Labute approximate surface area is 222 Å². The second kappa shape index (κ2) is 9.89. The van der Waals surface area contributed by atoms with Gasteiger partial charge in [-0.2, -0.15) is 0 Å². The number of benzene rings is 3. The zero-order valence-electron chi connectivity index (χ0n) is 22.2. The number of rotatable bonds is 6. The summed E-state index contributed by atoms with van der Waals surface area (Å²) < 4.78 is 17.0. The Balaban J connectivity index is 1.72. The van der Waals surface area contributed by atoms with Gasteiger partial charge in [-0.3, -0.25) is 14.5 Å². The summed E-state index contributed by atoms with van der Waals surface area (Å²) in [7, 11) is 1.55. The first-order valence-corrected chi connectivity index (χ1v) is 12.7. The molecule has 5 rings (SSSR count). The molecule has 196 valence electrons. The van der Waals surface area contributed by atoms with Gasteiger partial charge in [-0.1, -0.05) is 23.8 Å². The number of aliphatic hydroxyl groups excluding tert-OH is 1. The third kappa shape index (κ3) is 4.28. The van der Waals surface area contributed by atoms with E-state index in [1.54, 1.807) is 37.4 Å². The van der Waals surface area contributed by atoms with Crippen molar-refractivity contribution in [1.29, 1.82) is 0 Å². The van der Waals surface area contributed by atoms with E-state index in [0.717, 1.165) is 22.4 Å². The zero-order chi connectivity index (χ0) is 27.1. The lowest BCUT2D eigenvalue weighted by molar-refractivity contribution is -0.132. The van der Waals surface area contributed by atoms with Crippen LogP contribution in [-0.4, -0.2) is 36.6 Å². The fourth-order valence-corrected chi connectivity index (χ4v) is 5.33. The van der Waals surface area contributed by atoms with Gasteiger partial charge in [-0.05, 0) is 80.8 Å². The zero-order valence-corrected chi connectivity index (χ0v) is 22.2. The third-order valence-corrected chi connectivity index (χ3v) is 7.03. The number of fused-ring (bicyclic) bond motifs is 1. The summed E-state index contributed by atoms with van der Waals surface area (Å²) in [4.78, 5) is 28.7. The number of methoxy groups -OCH3 is 1. The van der Waals surface area contributed by atoms with Crippen molar-refractivity contribution in [2.45, 2.75) is 46.3 Å². The standard InChI is InChI=1S/C31H31NO6/c1-6-37-26-16-20(8-12-25(26)36-5)28-27(29(33)21-9-11-24-22(15-21)14-19(4)38-24)30(34)31(35)32(28)23-10-7-17(2)13-18(23)3/h7-13,15-16,19,28,33H,6,14H2,1-5H3/b29-27+. The van der Waals surface area contributed by atoms with E-state index in [1.165, 1.54) is 4.90 Å². The molecular formula is C31H31NO6. The molecule has 0 saturated carbocycles. The number of hydrogen-bond donors (Lipinski definition) is 1. The molecule has 0 aliphatic carbocycles. The molecule has 3 aromatic rings. The summed E-state index contributed by atoms with van der Waals surface area (Å²) in [6, 6.07) is 15.5. The molecule has 1 amide bonds. The maximum Gasteiger partial charge on any atom is 0.300 e. The van der Waals surface area contributed by atoms with Crippen LogP contribution in [0.4, 0.5) is 5.69 Å². The number of aryl methyl sites for hydroxylation is 2. The van der Waals surface area contributed by atoms with Crippen molar-refractivity contribution in [3.63, 3.8) is 0 Å². The Morgan fingerprint density at radius 3 is 2.55 bits per heavy atom. The molecule has 1 fully saturated rings. The lowest BCUT2D eigenvalue weighted by Crippen LogP contribution is -2.30. The average Bonchev–Trinajstić information content (AvgIpc) is 3.39. The second-order valence-corrected chi connectivity index (χ2v) is 9.76. The fourth-order valence-electron chi connectivity index (χ4n) is 5.33. The highest BCUT2D eigenvalue weighted by atomic mass is 16.5. The van der Waals surface area contributed by atoms with Crippen LogP contribution in [0, 0.1) is 13.8 Å². The Kier molecular flexibility index (Phi) is 6.61. The number of amides is 1. The summed E-state index contributed by atoms with van der Waals surface area (Å²) in [6.07, 6.45) is 0.737. The van der Waals surface area contributed by atoms with E-state index in [1.807, 2.05) is 52.0 Å². The number of carbonyl (C=O) groups excluding carboxylic acids is 2. The van der Waals surface area contributed by atoms with Crippen LogP contribution in [-0.2, 0) is 16.0 Å². The van der Waals surface area contributed by atoms with Gasteiger partial charge in [0.15, 0.2) is 11.5 Å². The Bertz CT molecular complexity index is 1470. The van der Waals surface area contributed by atoms with E-state index in [9.17, 15) is 14.7 Å². The van der Waals surface area contributed by atoms with Crippen LogP contribution in [0.15, 0.2) is 60.2 Å². The van der Waals surface area contributed by atoms with Crippen molar-refractivity contribution in [2.24, 2.45) is 0 Å². The van der Waals surface area contributed by atoms with E-state index in [0.29, 0.717) is 41.3 Å². The van der Waals surface area contributed by atoms with Gasteiger partial charge in [0.1, 0.15) is 17.6 Å². The van der Waals surface area contributed by atoms with Gasteiger partial charge in [-0.25, -0.2) is 0 Å². The highest BCUT2D eigenvalue weighted by Crippen LogP contribution is 2.45. The molecule has 7 nitrogen and oxygen atoms in total. The molecule has 1 saturated heterocycles. The van der Waals surface area contributed by atoms with E-state index in [2.05, 4.69) is 0 Å². The van der Waals surface area contributed by atoms with E-state index in [4.69, 9.17) is 14.2 Å². The number of anilines is 1. The Morgan fingerprint density at radius 1 is 1.05 bits per heavy atom. The van der Waals surface area contributed by atoms with Crippen molar-refractivity contribution in [3.05, 3.63) is 88.0 Å². The van der Waals surface area contributed by atoms with Gasteiger partial charge in [-0.15, -0.1) is 0 Å². The maximum atomic E-state index is 13.6. The van der Waals surface area contributed by atoms with Gasteiger partial charge >= 0.3 is 0 Å². The second-order valence-electron chi connectivity index (χ2n) is 9.76. The van der Waals surface area contributed by atoms with Crippen molar-refractivity contribution >= 4 is 23.1 Å². The number of nitrogens with zero attached hydrogens (tertiary/aromatic N) is 1. The van der Waals surface area contributed by atoms with E-state index >= 15 is 0 Å². The monoisotopic (exact) mass is 513 g/mol. The molecule has 7 heteroatoms. The van der Waals surface area contributed by atoms with Crippen LogP contribution in [0.25, 0.3) is 5.76 Å². The SMILES string of the molecule is CCOc1cc(C2/C(=C(\O)c3ccc4c(c3)CC(C)O4)C(=O)C(=O)N2c2ccc(C)cc2C)ccc1OC. The lowest BCUT2D eigenvalue weighted by atomic mass is 9.93. The summed E-state index contributed by atoms with van der Waals surface area (Å²) in [6.45, 7) is 8.13. The number of aliphatic hydroxyl groups is 1. The molecule has 2 heterocycles. The van der Waals surface area contributed by atoms with Crippen LogP contribution < -0.4 is 19.1 Å². The van der Waals surface area contributed by atoms with Gasteiger partial charge in [0.2, 0.25) is 0 Å². The molecule has 0 aromatic heterocycles. The molecule has 0 spiro atoms. The number of hydrogen-bond acceptors (Lipinski definition) is 6. The van der Waals surface area contributed by atoms with E-state index < -0.39 is 17.7 Å². The van der Waals surface area contributed by atoms with Crippen LogP contribution in [0.3, 0.4) is 0 Å². The maximum absolute atomic E-state index is 13.6. The van der Waals surface area contributed by atoms with Crippen molar-refractivity contribution < 1.29 is 28.9 Å². The van der Waals surface area contributed by atoms with Crippen LogP contribution in [0.2, 0.25) is 0 Å². The third-order valence-electron chi connectivity index (χ3n) is 7.03. The lowest BCUT2D eigenvalue weighted by Gasteiger charge is -2.27. The van der Waals surface area contributed by atoms with Gasteiger partial charge in [0.05, 0.1) is 25.3 Å². The highest BCUT2D eigenvalue weighted by Gasteiger charge is 2.47. The highest BCUT2D eigenvalue weighted by molar-refractivity contribution is 6.51. The molecule has 0 radical (unpaired) electrons. The Hall–Kier alpha value is -4.26. The summed E-state index contributed by atoms with van der Waals surface area (Å²) in [5, 5.41) is 11.6. The molecular weight excluding hydrogens is 482 g/mol. The van der Waals surface area contributed by atoms with Gasteiger partial charge < -0.3 is 19.3 Å². The van der Waals surface area contributed by atoms with Crippen LogP contribution in [0.1, 0.15) is 47.7 Å². The largest absolute Gasteiger partial charge is 0.507 e. The fraction of sp³-hybridized carbons (Fsp3) is 0.290. The number of Topliss-reactive ketones (excluding diaryl/α,β-unsaturated/α-hetero) is 1. The molecule has 0 bridgehead atoms. The minimum absolute atomic E-state index is 0.0227. The molecule has 2 aliphatic heterocycles. The van der Waals surface area contributed by atoms with E-state index in [-0.39, 0.29) is 17.4 Å². The smallest absolute Gasteiger partial charge is 0.300 e. The minimum Gasteiger partial charge on any atom is -0.507 e. The number of ketones is 1. The molecule has 38 heavy (non-hydrogen) atoms. The van der Waals surface area contributed by atoms with Crippen molar-refractivity contribution in [2.75, 3.05) is 18.6 Å². The van der Waals surface area contributed by atoms with Crippen molar-refractivity contribution in [3.8, 4) is 17.2 Å². The van der Waals surface area contributed by atoms with Gasteiger partial charge in [0.25, 0.3) is 11.7 Å². The summed E-state index contributed by atoms with van der Waals surface area (Å²) in [5.74, 6) is 0.116. The number of carbonyl (C=O) groups is 2. The first-order chi connectivity index (χ1) is 18.2. The molecule has 3 aromatic carbocycles. The summed E-state index contributed by atoms with van der Waals surface area (Å²) in [5.41, 5.74) is 4.54. The molecule has 2 unspecified atom stereocenters. The normalized spacial score (nSPS) is 19.9. The first kappa shape index (κ1) is 25.4. The molecule has 1 N–H and O–H groups in total. The number of ether oxygens (including phenoxy) is 3. The van der Waals surface area contributed by atoms with Crippen molar-refractivity contribution in [1.82, 2.24) is 0 Å². The Morgan fingerprint density at radius 2 is 1.84 bits per heavy atom. The molecule has 2 atom stereocenters. The average molecular weight is 514 g/mol. The van der Waals surface area contributed by atoms with Crippen LogP contribution >= 0.6 is 0 Å². The van der Waals surface area contributed by atoms with Gasteiger partial charge in [0, 0.05) is 17.7 Å². The predicted molar refractivity (Wildman–Crippen MR) is 145 cm³/mol. The topological polar surface area (TPSA) is 85.3 Å². The van der Waals surface area contributed by atoms with Crippen LogP contribution in [0.5, 0.6) is 17.2 Å². The quantitative estimate of drug-likeness (QED) is 0.260. The minimum atomic E-state index is -0.870. The predicted octanol–water partition coefficient (Wildman–Crippen LogP) is 5.66. The summed E-state index contributed by atoms with van der Waals surface area (Å²) >= 11 is 0. The molecule has 2 aliphatic rings.